The summed E-state index contributed by atoms with van der Waals surface area (Å²) in [5.74, 6) is -0.201. The SMILES string of the molecule is CCC(C)NC(=O)C(C)NC(C)C(=O)NC. The van der Waals surface area contributed by atoms with Crippen LogP contribution in [0.25, 0.3) is 0 Å². The van der Waals surface area contributed by atoms with E-state index in [0.29, 0.717) is 0 Å². The summed E-state index contributed by atoms with van der Waals surface area (Å²) >= 11 is 0. The molecule has 2 amide bonds. The maximum atomic E-state index is 11.7. The molecule has 0 radical (unpaired) electrons. The fraction of sp³-hybridized carbons (Fsp3) is 0.818. The van der Waals surface area contributed by atoms with Gasteiger partial charge in [0.1, 0.15) is 0 Å². The lowest BCUT2D eigenvalue weighted by molar-refractivity contribution is -0.125. The van der Waals surface area contributed by atoms with Gasteiger partial charge in [-0.15, -0.1) is 0 Å². The van der Waals surface area contributed by atoms with Gasteiger partial charge in [0.05, 0.1) is 12.1 Å². The molecule has 0 saturated heterocycles. The molecule has 94 valence electrons. The number of amides is 2. The lowest BCUT2D eigenvalue weighted by Crippen LogP contribution is -2.51. The van der Waals surface area contributed by atoms with Gasteiger partial charge in [0.2, 0.25) is 11.8 Å². The third-order valence-electron chi connectivity index (χ3n) is 2.53. The summed E-state index contributed by atoms with van der Waals surface area (Å²) in [6, 6.07) is -0.587. The summed E-state index contributed by atoms with van der Waals surface area (Å²) in [5.41, 5.74) is 0. The molecule has 3 N–H and O–H groups in total. The van der Waals surface area contributed by atoms with E-state index in [-0.39, 0.29) is 29.9 Å². The second-order valence-electron chi connectivity index (χ2n) is 4.04. The van der Waals surface area contributed by atoms with Crippen molar-refractivity contribution in [1.82, 2.24) is 16.0 Å². The first-order chi connectivity index (χ1) is 7.42. The quantitative estimate of drug-likeness (QED) is 0.601. The Labute approximate surface area is 97.4 Å². The first kappa shape index (κ1) is 14.9. The monoisotopic (exact) mass is 229 g/mol. The van der Waals surface area contributed by atoms with Crippen LogP contribution < -0.4 is 16.0 Å². The van der Waals surface area contributed by atoms with Crippen molar-refractivity contribution in [3.63, 3.8) is 0 Å². The summed E-state index contributed by atoms with van der Waals surface area (Å²) in [6.45, 7) is 7.44. The smallest absolute Gasteiger partial charge is 0.237 e. The Balaban J connectivity index is 4.09. The highest BCUT2D eigenvalue weighted by Gasteiger charge is 2.19. The van der Waals surface area contributed by atoms with Crippen molar-refractivity contribution in [1.29, 1.82) is 0 Å². The zero-order valence-corrected chi connectivity index (χ0v) is 10.8. The van der Waals surface area contributed by atoms with Gasteiger partial charge >= 0.3 is 0 Å². The highest BCUT2D eigenvalue weighted by molar-refractivity contribution is 5.84. The Hall–Kier alpha value is -1.10. The molecular weight excluding hydrogens is 206 g/mol. The minimum atomic E-state index is -0.374. The molecule has 0 heterocycles. The number of rotatable bonds is 6. The Bertz CT molecular complexity index is 243. The summed E-state index contributed by atoms with van der Waals surface area (Å²) in [4.78, 5) is 22.9. The highest BCUT2D eigenvalue weighted by Crippen LogP contribution is 1.92. The van der Waals surface area contributed by atoms with Gasteiger partial charge in [0.25, 0.3) is 0 Å². The van der Waals surface area contributed by atoms with Crippen molar-refractivity contribution in [2.75, 3.05) is 7.05 Å². The van der Waals surface area contributed by atoms with Gasteiger partial charge in [0, 0.05) is 13.1 Å². The topological polar surface area (TPSA) is 70.2 Å². The predicted octanol–water partition coefficient (Wildman–Crippen LogP) is 0.0137. The van der Waals surface area contributed by atoms with Crippen molar-refractivity contribution in [2.24, 2.45) is 0 Å². The molecule has 0 aromatic heterocycles. The fourth-order valence-electron chi connectivity index (χ4n) is 1.21. The van der Waals surface area contributed by atoms with Gasteiger partial charge in [0.15, 0.2) is 0 Å². The number of hydrogen-bond acceptors (Lipinski definition) is 3. The Morgan fingerprint density at radius 1 is 1.06 bits per heavy atom. The molecule has 5 heteroatoms. The minimum Gasteiger partial charge on any atom is -0.358 e. The van der Waals surface area contributed by atoms with E-state index < -0.39 is 0 Å². The Morgan fingerprint density at radius 2 is 1.56 bits per heavy atom. The van der Waals surface area contributed by atoms with Crippen LogP contribution in [0.5, 0.6) is 0 Å². The fourth-order valence-corrected chi connectivity index (χ4v) is 1.21. The third-order valence-corrected chi connectivity index (χ3v) is 2.53. The molecule has 0 fully saturated rings. The number of carbonyl (C=O) groups is 2. The van der Waals surface area contributed by atoms with Crippen LogP contribution in [-0.4, -0.2) is 37.0 Å². The largest absolute Gasteiger partial charge is 0.358 e. The standard InChI is InChI=1S/C11H23N3O2/c1-6-7(2)13-11(16)9(4)14-8(3)10(15)12-5/h7-9,14H,6H2,1-5H3,(H,12,15)(H,13,16). The van der Waals surface area contributed by atoms with Gasteiger partial charge in [-0.1, -0.05) is 6.92 Å². The first-order valence-electron chi connectivity index (χ1n) is 5.70. The lowest BCUT2D eigenvalue weighted by atomic mass is 10.2. The molecule has 3 unspecified atom stereocenters. The summed E-state index contributed by atoms with van der Waals surface area (Å²) in [6.07, 6.45) is 0.892. The Kier molecular flexibility index (Phi) is 6.72. The number of likely N-dealkylation sites (N-methyl/N-ethyl adjacent to an activating group) is 1. The maximum absolute atomic E-state index is 11.7. The lowest BCUT2D eigenvalue weighted by Gasteiger charge is -2.20. The average Bonchev–Trinajstić information content (AvgIpc) is 2.27. The average molecular weight is 229 g/mol. The highest BCUT2D eigenvalue weighted by atomic mass is 16.2. The van der Waals surface area contributed by atoms with E-state index in [0.717, 1.165) is 6.42 Å². The molecule has 0 aromatic carbocycles. The van der Waals surface area contributed by atoms with Gasteiger partial charge in [-0.3, -0.25) is 14.9 Å². The van der Waals surface area contributed by atoms with E-state index in [1.54, 1.807) is 20.9 Å². The van der Waals surface area contributed by atoms with Crippen LogP contribution in [0, 0.1) is 0 Å². The van der Waals surface area contributed by atoms with E-state index in [1.165, 1.54) is 0 Å². The molecule has 0 spiro atoms. The second-order valence-corrected chi connectivity index (χ2v) is 4.04. The van der Waals surface area contributed by atoms with E-state index in [2.05, 4.69) is 16.0 Å². The van der Waals surface area contributed by atoms with Crippen molar-refractivity contribution in [2.45, 2.75) is 52.2 Å². The summed E-state index contributed by atoms with van der Waals surface area (Å²) in [5, 5.41) is 8.32. The summed E-state index contributed by atoms with van der Waals surface area (Å²) in [7, 11) is 1.57. The second kappa shape index (κ2) is 7.22. The van der Waals surface area contributed by atoms with Gasteiger partial charge in [-0.05, 0) is 27.2 Å². The zero-order valence-electron chi connectivity index (χ0n) is 10.8. The number of carbonyl (C=O) groups excluding carboxylic acids is 2. The van der Waals surface area contributed by atoms with E-state index >= 15 is 0 Å². The molecule has 0 bridgehead atoms. The molecule has 0 aliphatic heterocycles. The molecule has 16 heavy (non-hydrogen) atoms. The maximum Gasteiger partial charge on any atom is 0.237 e. The third kappa shape index (κ3) is 5.11. The van der Waals surface area contributed by atoms with Crippen LogP contribution in [0.1, 0.15) is 34.1 Å². The van der Waals surface area contributed by atoms with Crippen LogP contribution in [0.2, 0.25) is 0 Å². The van der Waals surface area contributed by atoms with Gasteiger partial charge in [-0.2, -0.15) is 0 Å². The molecule has 0 aliphatic rings. The van der Waals surface area contributed by atoms with Gasteiger partial charge in [-0.25, -0.2) is 0 Å². The van der Waals surface area contributed by atoms with E-state index in [9.17, 15) is 9.59 Å². The molecule has 5 nitrogen and oxygen atoms in total. The van der Waals surface area contributed by atoms with Crippen molar-refractivity contribution >= 4 is 11.8 Å². The molecular formula is C11H23N3O2. The normalized spacial score (nSPS) is 16.1. The van der Waals surface area contributed by atoms with E-state index in [4.69, 9.17) is 0 Å². The van der Waals surface area contributed by atoms with Crippen molar-refractivity contribution in [3.8, 4) is 0 Å². The molecule has 0 rings (SSSR count). The molecule has 0 aromatic rings. The van der Waals surface area contributed by atoms with Crippen LogP contribution in [0.15, 0.2) is 0 Å². The predicted molar refractivity (Wildman–Crippen MR) is 64.0 cm³/mol. The number of nitrogens with one attached hydrogen (secondary N) is 3. The van der Waals surface area contributed by atoms with Crippen LogP contribution in [0.3, 0.4) is 0 Å². The van der Waals surface area contributed by atoms with Crippen molar-refractivity contribution in [3.05, 3.63) is 0 Å². The Morgan fingerprint density at radius 3 is 2.00 bits per heavy atom. The number of hydrogen-bond donors (Lipinski definition) is 3. The van der Waals surface area contributed by atoms with Crippen LogP contribution in [-0.2, 0) is 9.59 Å². The molecule has 0 aliphatic carbocycles. The molecule has 3 atom stereocenters. The van der Waals surface area contributed by atoms with Gasteiger partial charge < -0.3 is 10.6 Å². The summed E-state index contributed by atoms with van der Waals surface area (Å²) < 4.78 is 0. The van der Waals surface area contributed by atoms with Crippen LogP contribution >= 0.6 is 0 Å². The first-order valence-corrected chi connectivity index (χ1v) is 5.70. The van der Waals surface area contributed by atoms with E-state index in [1.807, 2.05) is 13.8 Å². The molecule has 0 saturated carbocycles. The van der Waals surface area contributed by atoms with Crippen LogP contribution in [0.4, 0.5) is 0 Å². The van der Waals surface area contributed by atoms with Crippen molar-refractivity contribution < 1.29 is 9.59 Å². The zero-order chi connectivity index (χ0) is 12.7. The minimum absolute atomic E-state index is 0.0786.